The van der Waals surface area contributed by atoms with Crippen molar-refractivity contribution in [1.29, 1.82) is 0 Å². The number of carboxylic acid groups (broad SMARTS) is 1. The molecule has 82 valence electrons. The summed E-state index contributed by atoms with van der Waals surface area (Å²) in [5.41, 5.74) is 0. The quantitative estimate of drug-likeness (QED) is 0.692. The minimum atomic E-state index is -0.705. The van der Waals surface area contributed by atoms with Gasteiger partial charge in [0.2, 0.25) is 0 Å². The molecule has 4 nitrogen and oxygen atoms in total. The second-order valence-corrected chi connectivity index (χ2v) is 4.35. The van der Waals surface area contributed by atoms with E-state index in [1.807, 2.05) is 0 Å². The highest BCUT2D eigenvalue weighted by Gasteiger charge is 2.25. The lowest BCUT2D eigenvalue weighted by atomic mass is 10.1. The Morgan fingerprint density at radius 2 is 2.29 bits per heavy atom. The van der Waals surface area contributed by atoms with Crippen molar-refractivity contribution in [2.24, 2.45) is 5.92 Å². The lowest BCUT2D eigenvalue weighted by Gasteiger charge is -2.38. The molecule has 2 N–H and O–H groups in total. The highest BCUT2D eigenvalue weighted by Crippen LogP contribution is 2.09. The first-order valence-electron chi connectivity index (χ1n) is 5.21. The Morgan fingerprint density at radius 3 is 2.86 bits per heavy atom. The third-order valence-corrected chi connectivity index (χ3v) is 2.82. The van der Waals surface area contributed by atoms with Crippen molar-refractivity contribution in [2.75, 3.05) is 19.6 Å². The van der Waals surface area contributed by atoms with Crippen LogP contribution in [0.15, 0.2) is 0 Å². The van der Waals surface area contributed by atoms with Crippen LogP contribution >= 0.6 is 0 Å². The number of carbonyl (C=O) groups is 1. The molecule has 3 unspecified atom stereocenters. The van der Waals surface area contributed by atoms with Gasteiger partial charge < -0.3 is 10.4 Å². The predicted molar refractivity (Wildman–Crippen MR) is 55.3 cm³/mol. The topological polar surface area (TPSA) is 52.6 Å². The van der Waals surface area contributed by atoms with Crippen LogP contribution in [0.3, 0.4) is 0 Å². The van der Waals surface area contributed by atoms with Gasteiger partial charge in [-0.1, -0.05) is 6.92 Å². The zero-order chi connectivity index (χ0) is 10.7. The third-order valence-electron chi connectivity index (χ3n) is 2.82. The lowest BCUT2D eigenvalue weighted by Crippen LogP contribution is -2.55. The zero-order valence-corrected chi connectivity index (χ0v) is 9.16. The van der Waals surface area contributed by atoms with Crippen LogP contribution in [-0.4, -0.2) is 47.7 Å². The Hall–Kier alpha value is -0.610. The van der Waals surface area contributed by atoms with E-state index in [4.69, 9.17) is 5.11 Å². The molecule has 0 aromatic heterocycles. The smallest absolute Gasteiger partial charge is 0.307 e. The molecular weight excluding hydrogens is 180 g/mol. The second-order valence-electron chi connectivity index (χ2n) is 4.35. The molecular formula is C10H20N2O2. The van der Waals surface area contributed by atoms with Crippen LogP contribution in [0.4, 0.5) is 0 Å². The molecule has 0 amide bonds. The van der Waals surface area contributed by atoms with Crippen LogP contribution in [0.25, 0.3) is 0 Å². The Bertz CT molecular complexity index is 208. The van der Waals surface area contributed by atoms with Crippen molar-refractivity contribution in [3.05, 3.63) is 0 Å². The molecule has 14 heavy (non-hydrogen) atoms. The van der Waals surface area contributed by atoms with E-state index in [2.05, 4.69) is 24.1 Å². The van der Waals surface area contributed by atoms with Gasteiger partial charge in [-0.25, -0.2) is 0 Å². The summed E-state index contributed by atoms with van der Waals surface area (Å²) in [4.78, 5) is 13.0. The van der Waals surface area contributed by atoms with Gasteiger partial charge in [-0.05, 0) is 13.8 Å². The number of aliphatic carboxylic acids is 1. The average Bonchev–Trinajstić information content (AvgIpc) is 2.11. The van der Waals surface area contributed by atoms with Crippen LogP contribution in [0, 0.1) is 5.92 Å². The van der Waals surface area contributed by atoms with E-state index >= 15 is 0 Å². The molecule has 1 aliphatic heterocycles. The Labute approximate surface area is 85.3 Å². The first-order chi connectivity index (χ1) is 6.50. The monoisotopic (exact) mass is 200 g/mol. The van der Waals surface area contributed by atoms with E-state index in [1.54, 1.807) is 6.92 Å². The van der Waals surface area contributed by atoms with Crippen molar-refractivity contribution in [1.82, 2.24) is 10.2 Å². The van der Waals surface area contributed by atoms with Gasteiger partial charge in [0, 0.05) is 31.7 Å². The first-order valence-corrected chi connectivity index (χ1v) is 5.21. The van der Waals surface area contributed by atoms with E-state index < -0.39 is 5.97 Å². The van der Waals surface area contributed by atoms with Gasteiger partial charge in [0.05, 0.1) is 5.92 Å². The standard InChI is InChI=1S/C10H20N2O2/c1-7(10(13)14)5-12-6-8(2)11-4-9(12)3/h7-9,11H,4-6H2,1-3H3,(H,13,14). The van der Waals surface area contributed by atoms with E-state index in [0.29, 0.717) is 18.6 Å². The molecule has 4 heteroatoms. The van der Waals surface area contributed by atoms with Gasteiger partial charge in [0.15, 0.2) is 0 Å². The number of rotatable bonds is 3. The molecule has 0 aromatic rings. The fourth-order valence-corrected chi connectivity index (χ4v) is 1.78. The molecule has 1 fully saturated rings. The number of hydrogen-bond donors (Lipinski definition) is 2. The van der Waals surface area contributed by atoms with Gasteiger partial charge in [-0.2, -0.15) is 0 Å². The maximum Gasteiger partial charge on any atom is 0.307 e. The summed E-state index contributed by atoms with van der Waals surface area (Å²) in [6.45, 7) is 8.58. The normalized spacial score (nSPS) is 31.4. The van der Waals surface area contributed by atoms with E-state index in [-0.39, 0.29) is 5.92 Å². The van der Waals surface area contributed by atoms with Gasteiger partial charge in [-0.3, -0.25) is 9.69 Å². The van der Waals surface area contributed by atoms with Crippen LogP contribution < -0.4 is 5.32 Å². The van der Waals surface area contributed by atoms with Gasteiger partial charge >= 0.3 is 5.97 Å². The Balaban J connectivity index is 2.45. The number of piperazine rings is 1. The molecule has 0 aliphatic carbocycles. The number of nitrogens with one attached hydrogen (secondary N) is 1. The summed E-state index contributed by atoms with van der Waals surface area (Å²) in [5, 5.41) is 12.2. The molecule has 0 aromatic carbocycles. The Kier molecular flexibility index (Phi) is 3.89. The minimum absolute atomic E-state index is 0.275. The van der Waals surface area contributed by atoms with Crippen molar-refractivity contribution in [2.45, 2.75) is 32.9 Å². The fraction of sp³-hybridized carbons (Fsp3) is 0.900. The lowest BCUT2D eigenvalue weighted by molar-refractivity contribution is -0.142. The first kappa shape index (κ1) is 11.5. The number of nitrogens with zero attached hydrogens (tertiary/aromatic N) is 1. The summed E-state index contributed by atoms with van der Waals surface area (Å²) in [7, 11) is 0. The molecule has 1 rings (SSSR count). The van der Waals surface area contributed by atoms with Crippen molar-refractivity contribution in [3.8, 4) is 0 Å². The SMILES string of the molecule is CC1CN(CC(C)C(=O)O)C(C)CN1. The van der Waals surface area contributed by atoms with E-state index in [9.17, 15) is 4.79 Å². The molecule has 3 atom stereocenters. The van der Waals surface area contributed by atoms with Crippen LogP contribution in [0.2, 0.25) is 0 Å². The van der Waals surface area contributed by atoms with E-state index in [1.165, 1.54) is 0 Å². The molecule has 1 aliphatic rings. The number of hydrogen-bond acceptors (Lipinski definition) is 3. The highest BCUT2D eigenvalue weighted by atomic mass is 16.4. The third kappa shape index (κ3) is 2.96. The predicted octanol–water partition coefficient (Wildman–Crippen LogP) is 0.389. The van der Waals surface area contributed by atoms with E-state index in [0.717, 1.165) is 13.1 Å². The summed E-state index contributed by atoms with van der Waals surface area (Å²) in [5.74, 6) is -0.980. The molecule has 0 bridgehead atoms. The van der Waals surface area contributed by atoms with Crippen molar-refractivity contribution in [3.63, 3.8) is 0 Å². The summed E-state index contributed by atoms with van der Waals surface area (Å²) >= 11 is 0. The molecule has 0 radical (unpaired) electrons. The fourth-order valence-electron chi connectivity index (χ4n) is 1.78. The molecule has 1 saturated heterocycles. The maximum atomic E-state index is 10.7. The largest absolute Gasteiger partial charge is 0.481 e. The second kappa shape index (κ2) is 4.75. The summed E-state index contributed by atoms with van der Waals surface area (Å²) in [6.07, 6.45) is 0. The summed E-state index contributed by atoms with van der Waals surface area (Å²) in [6, 6.07) is 0.903. The number of carboxylic acids is 1. The zero-order valence-electron chi connectivity index (χ0n) is 9.16. The summed E-state index contributed by atoms with van der Waals surface area (Å²) < 4.78 is 0. The van der Waals surface area contributed by atoms with Crippen molar-refractivity contribution >= 4 is 5.97 Å². The molecule has 0 saturated carbocycles. The van der Waals surface area contributed by atoms with Gasteiger partial charge in [0.1, 0.15) is 0 Å². The van der Waals surface area contributed by atoms with Crippen LogP contribution in [0.1, 0.15) is 20.8 Å². The Morgan fingerprint density at radius 1 is 1.64 bits per heavy atom. The van der Waals surface area contributed by atoms with Crippen LogP contribution in [0.5, 0.6) is 0 Å². The molecule has 0 spiro atoms. The van der Waals surface area contributed by atoms with Crippen LogP contribution in [-0.2, 0) is 4.79 Å². The highest BCUT2D eigenvalue weighted by molar-refractivity contribution is 5.69. The maximum absolute atomic E-state index is 10.7. The van der Waals surface area contributed by atoms with Gasteiger partial charge in [-0.15, -0.1) is 0 Å². The van der Waals surface area contributed by atoms with Crippen molar-refractivity contribution < 1.29 is 9.90 Å². The molecule has 1 heterocycles. The van der Waals surface area contributed by atoms with Gasteiger partial charge in [0.25, 0.3) is 0 Å². The minimum Gasteiger partial charge on any atom is -0.481 e. The average molecular weight is 200 g/mol.